The van der Waals surface area contributed by atoms with Crippen molar-refractivity contribution in [3.05, 3.63) is 89.2 Å². The number of imidazole rings is 1. The van der Waals surface area contributed by atoms with Crippen LogP contribution in [0.3, 0.4) is 0 Å². The Balaban J connectivity index is 1.49. The number of nitrogens with zero attached hydrogens (tertiary/aromatic N) is 6. The maximum absolute atomic E-state index is 6.01. The molecule has 5 rings (SSSR count). The Morgan fingerprint density at radius 2 is 1.88 bits per heavy atom. The van der Waals surface area contributed by atoms with Crippen LogP contribution in [0.4, 0.5) is 0 Å². The van der Waals surface area contributed by atoms with Gasteiger partial charge in [-0.25, -0.2) is 14.5 Å². The van der Waals surface area contributed by atoms with E-state index in [1.807, 2.05) is 67.7 Å². The molecule has 9 heteroatoms. The second kappa shape index (κ2) is 8.57. The lowest BCUT2D eigenvalue weighted by Crippen LogP contribution is -2.19. The Hall–Kier alpha value is -3.49. The number of aryl methyl sites for hydroxylation is 1. The van der Waals surface area contributed by atoms with Crippen LogP contribution in [0.15, 0.2) is 67.1 Å². The van der Waals surface area contributed by atoms with Crippen LogP contribution >= 0.6 is 11.6 Å². The molecule has 4 heterocycles. The van der Waals surface area contributed by atoms with Gasteiger partial charge in [-0.15, -0.1) is 0 Å². The maximum Gasteiger partial charge on any atom is 0.186 e. The number of aromatic nitrogens is 6. The molecule has 4 aromatic heterocycles. The monoisotopic (exact) mass is 441 g/mol. The average Bonchev–Trinajstić information content (AvgIpc) is 3.41. The molecule has 0 radical (unpaired) electrons. The standard InChI is InChI=1S/C23H21BClN7/c1-15-3-2-4-19(28-15)23-22(17-7-10-21-26-14-27-32(21)12-17)29-20(30-23)13-31(24)11-16-5-8-18(25)9-6-16/h2-10,12,14H,11,13,24H2,1H3,(H,29,30). The Kier molecular flexibility index (Phi) is 5.47. The third-order valence-electron chi connectivity index (χ3n) is 5.23. The molecular weight excluding hydrogens is 421 g/mol. The summed E-state index contributed by atoms with van der Waals surface area (Å²) in [6.07, 6.45) is 3.50. The fourth-order valence-electron chi connectivity index (χ4n) is 3.74. The summed E-state index contributed by atoms with van der Waals surface area (Å²) in [5.41, 5.74) is 6.48. The largest absolute Gasteiger partial charge is 0.340 e. The van der Waals surface area contributed by atoms with Gasteiger partial charge in [0, 0.05) is 35.6 Å². The van der Waals surface area contributed by atoms with Crippen molar-refractivity contribution in [1.82, 2.24) is 34.4 Å². The van der Waals surface area contributed by atoms with E-state index in [-0.39, 0.29) is 0 Å². The van der Waals surface area contributed by atoms with Gasteiger partial charge in [-0.3, -0.25) is 4.98 Å². The minimum Gasteiger partial charge on any atom is -0.340 e. The number of hydrogen-bond acceptors (Lipinski definition) is 5. The summed E-state index contributed by atoms with van der Waals surface area (Å²) < 4.78 is 1.76. The van der Waals surface area contributed by atoms with Crippen molar-refractivity contribution >= 4 is 25.2 Å². The average molecular weight is 442 g/mol. The highest BCUT2D eigenvalue weighted by molar-refractivity contribution is 6.30. The second-order valence-electron chi connectivity index (χ2n) is 7.85. The van der Waals surface area contributed by atoms with Gasteiger partial charge < -0.3 is 9.79 Å². The molecule has 0 bridgehead atoms. The maximum atomic E-state index is 6.01. The van der Waals surface area contributed by atoms with Crippen molar-refractivity contribution in [2.45, 2.75) is 20.0 Å². The first-order chi connectivity index (χ1) is 15.5. The molecule has 0 spiro atoms. The highest BCUT2D eigenvalue weighted by Crippen LogP contribution is 2.29. The van der Waals surface area contributed by atoms with Crippen molar-refractivity contribution < 1.29 is 0 Å². The quantitative estimate of drug-likeness (QED) is 0.407. The molecule has 0 amide bonds. The summed E-state index contributed by atoms with van der Waals surface area (Å²) in [7, 11) is 2.07. The predicted molar refractivity (Wildman–Crippen MR) is 128 cm³/mol. The lowest BCUT2D eigenvalue weighted by atomic mass is 10.1. The van der Waals surface area contributed by atoms with Crippen LogP contribution in [0.2, 0.25) is 5.02 Å². The number of fused-ring (bicyclic) bond motifs is 1. The summed E-state index contributed by atoms with van der Waals surface area (Å²) in [6, 6.07) is 17.9. The molecule has 0 saturated heterocycles. The van der Waals surface area contributed by atoms with Crippen molar-refractivity contribution in [2.24, 2.45) is 0 Å². The van der Waals surface area contributed by atoms with Crippen LogP contribution in [0.1, 0.15) is 17.1 Å². The van der Waals surface area contributed by atoms with Gasteiger partial charge in [0.2, 0.25) is 0 Å². The molecule has 0 fully saturated rings. The van der Waals surface area contributed by atoms with E-state index in [0.717, 1.165) is 51.4 Å². The summed E-state index contributed by atoms with van der Waals surface area (Å²) in [6.45, 7) is 3.43. The number of rotatable bonds is 6. The third kappa shape index (κ3) is 4.28. The van der Waals surface area contributed by atoms with Crippen molar-refractivity contribution in [3.63, 3.8) is 0 Å². The van der Waals surface area contributed by atoms with Crippen LogP contribution < -0.4 is 0 Å². The van der Waals surface area contributed by atoms with Crippen LogP contribution in [-0.4, -0.2) is 42.3 Å². The Labute approximate surface area is 191 Å². The number of halogens is 1. The second-order valence-corrected chi connectivity index (χ2v) is 8.29. The molecular formula is C23H21BClN7. The lowest BCUT2D eigenvalue weighted by Gasteiger charge is -2.15. The van der Waals surface area contributed by atoms with E-state index in [1.54, 1.807) is 10.8 Å². The molecule has 0 aliphatic carbocycles. The molecule has 0 unspecified atom stereocenters. The zero-order valence-corrected chi connectivity index (χ0v) is 18.6. The van der Waals surface area contributed by atoms with Crippen LogP contribution in [0.25, 0.3) is 28.3 Å². The fraction of sp³-hybridized carbons (Fsp3) is 0.130. The number of nitrogens with one attached hydrogen (secondary N) is 1. The van der Waals surface area contributed by atoms with E-state index in [4.69, 9.17) is 21.6 Å². The Morgan fingerprint density at radius 3 is 2.69 bits per heavy atom. The SMILES string of the molecule is BN(Cc1ccc(Cl)cc1)Cc1nc(-c2cccc(C)n2)c(-c2ccc3ncnn3c2)[nH]1. The van der Waals surface area contributed by atoms with Gasteiger partial charge in [-0.2, -0.15) is 5.10 Å². The van der Waals surface area contributed by atoms with Gasteiger partial charge in [-0.05, 0) is 48.9 Å². The number of pyridine rings is 2. The first-order valence-electron chi connectivity index (χ1n) is 10.3. The Morgan fingerprint density at radius 1 is 1.03 bits per heavy atom. The fourth-order valence-corrected chi connectivity index (χ4v) is 3.87. The Bertz CT molecular complexity index is 1380. The molecule has 0 atom stereocenters. The summed E-state index contributed by atoms with van der Waals surface area (Å²) in [5, 5.41) is 5.01. The number of hydrogen-bond donors (Lipinski definition) is 1. The van der Waals surface area contributed by atoms with Crippen LogP contribution in [-0.2, 0) is 13.1 Å². The van der Waals surface area contributed by atoms with Gasteiger partial charge in [0.05, 0.1) is 11.4 Å². The number of aromatic amines is 1. The van der Waals surface area contributed by atoms with Gasteiger partial charge in [0.15, 0.2) is 13.6 Å². The molecule has 0 aliphatic heterocycles. The van der Waals surface area contributed by atoms with Crippen LogP contribution in [0, 0.1) is 6.92 Å². The van der Waals surface area contributed by atoms with E-state index < -0.39 is 0 Å². The molecule has 1 N–H and O–H groups in total. The third-order valence-corrected chi connectivity index (χ3v) is 5.48. The normalized spacial score (nSPS) is 11.5. The molecule has 32 heavy (non-hydrogen) atoms. The van der Waals surface area contributed by atoms with Gasteiger partial charge in [-0.1, -0.05) is 29.8 Å². The molecule has 0 aliphatic rings. The zero-order chi connectivity index (χ0) is 22.1. The summed E-state index contributed by atoms with van der Waals surface area (Å²) >= 11 is 6.01. The minimum absolute atomic E-state index is 0.660. The summed E-state index contributed by atoms with van der Waals surface area (Å²) in [4.78, 5) is 19.6. The van der Waals surface area contributed by atoms with E-state index in [9.17, 15) is 0 Å². The van der Waals surface area contributed by atoms with Gasteiger partial charge in [0.1, 0.15) is 17.8 Å². The van der Waals surface area contributed by atoms with E-state index >= 15 is 0 Å². The zero-order valence-electron chi connectivity index (χ0n) is 17.8. The van der Waals surface area contributed by atoms with Crippen molar-refractivity contribution in [2.75, 3.05) is 0 Å². The minimum atomic E-state index is 0.660. The topological polar surface area (TPSA) is 75.0 Å². The van der Waals surface area contributed by atoms with Crippen molar-refractivity contribution in [1.29, 1.82) is 0 Å². The first kappa shape index (κ1) is 20.4. The van der Waals surface area contributed by atoms with E-state index in [1.165, 1.54) is 5.56 Å². The number of H-pyrrole nitrogens is 1. The molecule has 1 aromatic carbocycles. The number of benzene rings is 1. The molecule has 0 saturated carbocycles. The van der Waals surface area contributed by atoms with E-state index in [2.05, 4.69) is 27.9 Å². The van der Waals surface area contributed by atoms with Gasteiger partial charge >= 0.3 is 0 Å². The summed E-state index contributed by atoms with van der Waals surface area (Å²) in [5.74, 6) is 0.869. The predicted octanol–water partition coefficient (Wildman–Crippen LogP) is 3.69. The lowest BCUT2D eigenvalue weighted by molar-refractivity contribution is 0.432. The van der Waals surface area contributed by atoms with Gasteiger partial charge in [0.25, 0.3) is 0 Å². The van der Waals surface area contributed by atoms with Crippen molar-refractivity contribution in [3.8, 4) is 22.6 Å². The molecule has 5 aromatic rings. The van der Waals surface area contributed by atoms with Crippen LogP contribution in [0.5, 0.6) is 0 Å². The first-order valence-corrected chi connectivity index (χ1v) is 10.7. The highest BCUT2D eigenvalue weighted by atomic mass is 35.5. The van der Waals surface area contributed by atoms with E-state index in [0.29, 0.717) is 6.54 Å². The molecule has 158 valence electrons. The smallest absolute Gasteiger partial charge is 0.186 e. The molecule has 7 nitrogen and oxygen atoms in total. The highest BCUT2D eigenvalue weighted by Gasteiger charge is 2.17.